The molecule has 0 saturated carbocycles. The Labute approximate surface area is 105 Å². The lowest BCUT2D eigenvalue weighted by atomic mass is 10.2. The van der Waals surface area contributed by atoms with Crippen molar-refractivity contribution in [2.45, 2.75) is 4.90 Å². The Morgan fingerprint density at radius 2 is 2.06 bits per heavy atom. The van der Waals surface area contributed by atoms with E-state index in [1.807, 2.05) is 0 Å². The van der Waals surface area contributed by atoms with Gasteiger partial charge in [0.1, 0.15) is 11.0 Å². The molecule has 0 aromatic carbocycles. The normalized spacial score (nSPS) is 10.9. The smallest absolute Gasteiger partial charge is 0.178 e. The third-order valence-electron chi connectivity index (χ3n) is 2.32. The maximum atomic E-state index is 11.6. The molecule has 2 rings (SSSR count). The molecule has 0 amide bonds. The average molecular weight is 259 g/mol. The topological polar surface area (TPSA) is 83.7 Å². The van der Waals surface area contributed by atoms with Crippen molar-refractivity contribution in [3.05, 3.63) is 42.4 Å². The van der Waals surface area contributed by atoms with Crippen LogP contribution in [-0.2, 0) is 9.84 Å². The SMILES string of the molecule is CS(=O)(=O)c1cc(-c2ccccn2)cnc1C#N. The molecule has 90 valence electrons. The lowest BCUT2D eigenvalue weighted by molar-refractivity contribution is 0.601. The highest BCUT2D eigenvalue weighted by atomic mass is 32.2. The second-order valence-electron chi connectivity index (χ2n) is 3.67. The number of sulfone groups is 1. The van der Waals surface area contributed by atoms with Gasteiger partial charge in [-0.3, -0.25) is 4.98 Å². The predicted octanol–water partition coefficient (Wildman–Crippen LogP) is 1.42. The van der Waals surface area contributed by atoms with Crippen LogP contribution in [0.15, 0.2) is 41.6 Å². The summed E-state index contributed by atoms with van der Waals surface area (Å²) in [6.45, 7) is 0. The molecule has 0 radical (unpaired) electrons. The summed E-state index contributed by atoms with van der Waals surface area (Å²) in [5.74, 6) is 0. The lowest BCUT2D eigenvalue weighted by Gasteiger charge is -2.04. The van der Waals surface area contributed by atoms with Crippen molar-refractivity contribution in [2.75, 3.05) is 6.26 Å². The second-order valence-corrected chi connectivity index (χ2v) is 5.65. The van der Waals surface area contributed by atoms with Gasteiger partial charge in [0.2, 0.25) is 0 Å². The molecule has 5 nitrogen and oxygen atoms in total. The Hall–Kier alpha value is -2.26. The standard InChI is InChI=1S/C12H9N3O2S/c1-18(16,17)12-6-9(8-15-11(12)7-13)10-4-2-3-5-14-10/h2-6,8H,1H3. The molecule has 2 aromatic heterocycles. The van der Waals surface area contributed by atoms with E-state index >= 15 is 0 Å². The van der Waals surface area contributed by atoms with Crippen molar-refractivity contribution in [1.82, 2.24) is 9.97 Å². The van der Waals surface area contributed by atoms with Crippen molar-refractivity contribution in [3.8, 4) is 17.3 Å². The lowest BCUT2D eigenvalue weighted by Crippen LogP contribution is -2.03. The largest absolute Gasteiger partial charge is 0.256 e. The van der Waals surface area contributed by atoms with Gasteiger partial charge in [0, 0.05) is 24.2 Å². The molecule has 0 spiro atoms. The third kappa shape index (κ3) is 2.36. The summed E-state index contributed by atoms with van der Waals surface area (Å²) in [6.07, 6.45) is 4.09. The summed E-state index contributed by atoms with van der Waals surface area (Å²) < 4.78 is 23.2. The van der Waals surface area contributed by atoms with E-state index in [4.69, 9.17) is 5.26 Å². The van der Waals surface area contributed by atoms with E-state index in [1.54, 1.807) is 30.5 Å². The van der Waals surface area contributed by atoms with Crippen LogP contribution >= 0.6 is 0 Å². The minimum absolute atomic E-state index is 0.0758. The summed E-state index contributed by atoms with van der Waals surface area (Å²) in [4.78, 5) is 7.89. The van der Waals surface area contributed by atoms with Crippen LogP contribution in [0.3, 0.4) is 0 Å². The Morgan fingerprint density at radius 3 is 2.61 bits per heavy atom. The van der Waals surface area contributed by atoms with Crippen molar-refractivity contribution in [1.29, 1.82) is 5.26 Å². The van der Waals surface area contributed by atoms with Crippen LogP contribution in [0, 0.1) is 11.3 Å². The van der Waals surface area contributed by atoms with E-state index in [0.29, 0.717) is 11.3 Å². The first-order chi connectivity index (χ1) is 8.52. The average Bonchev–Trinajstić information content (AvgIpc) is 2.38. The molecule has 0 aliphatic rings. The molecule has 6 heteroatoms. The maximum absolute atomic E-state index is 11.6. The van der Waals surface area contributed by atoms with Crippen LogP contribution in [-0.4, -0.2) is 24.6 Å². The zero-order valence-corrected chi connectivity index (χ0v) is 10.3. The number of nitrogens with zero attached hydrogens (tertiary/aromatic N) is 3. The van der Waals surface area contributed by atoms with Gasteiger partial charge >= 0.3 is 0 Å². The molecule has 0 bridgehead atoms. The van der Waals surface area contributed by atoms with Gasteiger partial charge in [-0.25, -0.2) is 13.4 Å². The fourth-order valence-electron chi connectivity index (χ4n) is 1.48. The Kier molecular flexibility index (Phi) is 3.08. The fourth-order valence-corrected chi connectivity index (χ4v) is 2.28. The van der Waals surface area contributed by atoms with Crippen LogP contribution < -0.4 is 0 Å². The fraction of sp³-hybridized carbons (Fsp3) is 0.0833. The first kappa shape index (κ1) is 12.2. The Balaban J connectivity index is 2.66. The number of rotatable bonds is 2. The van der Waals surface area contributed by atoms with Gasteiger partial charge in [-0.05, 0) is 18.2 Å². The first-order valence-electron chi connectivity index (χ1n) is 5.04. The zero-order chi connectivity index (χ0) is 13.2. The van der Waals surface area contributed by atoms with Crippen molar-refractivity contribution in [3.63, 3.8) is 0 Å². The van der Waals surface area contributed by atoms with Gasteiger partial charge in [0.25, 0.3) is 0 Å². The number of pyridine rings is 2. The van der Waals surface area contributed by atoms with Crippen molar-refractivity contribution < 1.29 is 8.42 Å². The van der Waals surface area contributed by atoms with Crippen LogP contribution in [0.5, 0.6) is 0 Å². The summed E-state index contributed by atoms with van der Waals surface area (Å²) in [6, 6.07) is 8.49. The van der Waals surface area contributed by atoms with Crippen molar-refractivity contribution in [2.24, 2.45) is 0 Å². The van der Waals surface area contributed by atoms with Crippen molar-refractivity contribution >= 4 is 9.84 Å². The molecular formula is C12H9N3O2S. The summed E-state index contributed by atoms with van der Waals surface area (Å²) in [7, 11) is -3.49. The molecule has 0 saturated heterocycles. The minimum atomic E-state index is -3.49. The summed E-state index contributed by atoms with van der Waals surface area (Å²) >= 11 is 0. The molecule has 0 atom stereocenters. The molecular weight excluding hydrogens is 250 g/mol. The van der Waals surface area contributed by atoms with Gasteiger partial charge < -0.3 is 0 Å². The number of hydrogen-bond donors (Lipinski definition) is 0. The van der Waals surface area contributed by atoms with Gasteiger partial charge in [0.05, 0.1) is 5.69 Å². The van der Waals surface area contributed by atoms with Crippen LogP contribution in [0.25, 0.3) is 11.3 Å². The monoisotopic (exact) mass is 259 g/mol. The first-order valence-corrected chi connectivity index (χ1v) is 6.93. The van der Waals surface area contributed by atoms with E-state index < -0.39 is 9.84 Å². The summed E-state index contributed by atoms with van der Waals surface area (Å²) in [5.41, 5.74) is 1.08. The third-order valence-corrected chi connectivity index (χ3v) is 3.43. The van der Waals surface area contributed by atoms with E-state index in [-0.39, 0.29) is 10.6 Å². The quantitative estimate of drug-likeness (QED) is 0.814. The maximum Gasteiger partial charge on any atom is 0.178 e. The Morgan fingerprint density at radius 1 is 1.28 bits per heavy atom. The van der Waals surface area contributed by atoms with Crippen LogP contribution in [0.2, 0.25) is 0 Å². The zero-order valence-electron chi connectivity index (χ0n) is 9.53. The highest BCUT2D eigenvalue weighted by Gasteiger charge is 2.16. The molecule has 2 heterocycles. The van der Waals surface area contributed by atoms with Crippen LogP contribution in [0.1, 0.15) is 5.69 Å². The summed E-state index contributed by atoms with van der Waals surface area (Å²) in [5, 5.41) is 8.85. The molecule has 0 N–H and O–H groups in total. The molecule has 0 aliphatic heterocycles. The molecule has 0 unspecified atom stereocenters. The van der Waals surface area contributed by atoms with Crippen LogP contribution in [0.4, 0.5) is 0 Å². The molecule has 18 heavy (non-hydrogen) atoms. The van der Waals surface area contributed by atoms with E-state index in [9.17, 15) is 8.42 Å². The molecule has 0 aliphatic carbocycles. The highest BCUT2D eigenvalue weighted by Crippen LogP contribution is 2.21. The van der Waals surface area contributed by atoms with E-state index in [1.165, 1.54) is 12.3 Å². The number of nitriles is 1. The molecule has 2 aromatic rings. The van der Waals surface area contributed by atoms with E-state index in [2.05, 4.69) is 9.97 Å². The van der Waals surface area contributed by atoms with Gasteiger partial charge in [-0.2, -0.15) is 5.26 Å². The minimum Gasteiger partial charge on any atom is -0.256 e. The van der Waals surface area contributed by atoms with Gasteiger partial charge in [-0.15, -0.1) is 0 Å². The van der Waals surface area contributed by atoms with E-state index in [0.717, 1.165) is 6.26 Å². The molecule has 0 fully saturated rings. The second kappa shape index (κ2) is 4.55. The number of hydrogen-bond acceptors (Lipinski definition) is 5. The van der Waals surface area contributed by atoms with Gasteiger partial charge in [0.15, 0.2) is 15.5 Å². The highest BCUT2D eigenvalue weighted by molar-refractivity contribution is 7.90. The number of aromatic nitrogens is 2. The predicted molar refractivity (Wildman–Crippen MR) is 65.3 cm³/mol. The van der Waals surface area contributed by atoms with Gasteiger partial charge in [-0.1, -0.05) is 6.07 Å². The Bertz CT molecular complexity index is 719.